The standard InChI is InChI=1S/C14H21N3O/c1-15(2)13-6-4-12(5-7-13)14(18)17-10-8-16(3)9-11-17/h4-7H,8-11H2,1-3H3. The second kappa shape index (κ2) is 5.40. The lowest BCUT2D eigenvalue weighted by Gasteiger charge is -2.32. The third-order valence-electron chi connectivity index (χ3n) is 3.42. The van der Waals surface area contributed by atoms with Gasteiger partial charge in [0.2, 0.25) is 0 Å². The number of carbonyl (C=O) groups excluding carboxylic acids is 1. The topological polar surface area (TPSA) is 26.8 Å². The lowest BCUT2D eigenvalue weighted by Crippen LogP contribution is -2.47. The minimum absolute atomic E-state index is 0.147. The molecule has 0 bridgehead atoms. The molecule has 1 saturated heterocycles. The number of hydrogen-bond acceptors (Lipinski definition) is 3. The molecular formula is C14H21N3O. The first-order valence-electron chi connectivity index (χ1n) is 6.33. The average Bonchev–Trinajstić information content (AvgIpc) is 2.39. The van der Waals surface area contributed by atoms with E-state index in [-0.39, 0.29) is 5.91 Å². The van der Waals surface area contributed by atoms with E-state index in [4.69, 9.17) is 0 Å². The number of piperazine rings is 1. The molecule has 0 unspecified atom stereocenters. The van der Waals surface area contributed by atoms with Crippen LogP contribution in [0, 0.1) is 0 Å². The minimum Gasteiger partial charge on any atom is -0.378 e. The molecule has 1 aromatic rings. The molecule has 18 heavy (non-hydrogen) atoms. The third-order valence-corrected chi connectivity index (χ3v) is 3.42. The smallest absolute Gasteiger partial charge is 0.253 e. The fraction of sp³-hybridized carbons (Fsp3) is 0.500. The van der Waals surface area contributed by atoms with Gasteiger partial charge in [-0.15, -0.1) is 0 Å². The van der Waals surface area contributed by atoms with Crippen LogP contribution in [0.4, 0.5) is 5.69 Å². The largest absolute Gasteiger partial charge is 0.378 e. The van der Waals surface area contributed by atoms with Crippen LogP contribution in [0.5, 0.6) is 0 Å². The summed E-state index contributed by atoms with van der Waals surface area (Å²) < 4.78 is 0. The SMILES string of the molecule is CN1CCN(C(=O)c2ccc(N(C)C)cc2)CC1. The summed E-state index contributed by atoms with van der Waals surface area (Å²) in [6, 6.07) is 7.80. The molecule has 1 aliphatic rings. The maximum absolute atomic E-state index is 12.3. The zero-order valence-electron chi connectivity index (χ0n) is 11.4. The van der Waals surface area contributed by atoms with E-state index in [1.807, 2.05) is 48.2 Å². The molecule has 0 radical (unpaired) electrons. The highest BCUT2D eigenvalue weighted by Gasteiger charge is 2.20. The monoisotopic (exact) mass is 247 g/mol. The van der Waals surface area contributed by atoms with E-state index in [2.05, 4.69) is 11.9 Å². The van der Waals surface area contributed by atoms with Crippen LogP contribution in [-0.4, -0.2) is 63.0 Å². The Kier molecular flexibility index (Phi) is 3.87. The van der Waals surface area contributed by atoms with Gasteiger partial charge in [0.1, 0.15) is 0 Å². The van der Waals surface area contributed by atoms with Crippen LogP contribution in [0.25, 0.3) is 0 Å². The van der Waals surface area contributed by atoms with Crippen LogP contribution >= 0.6 is 0 Å². The van der Waals surface area contributed by atoms with Crippen molar-refractivity contribution in [1.29, 1.82) is 0 Å². The Bertz CT molecular complexity index is 406. The van der Waals surface area contributed by atoms with E-state index < -0.39 is 0 Å². The highest BCUT2D eigenvalue weighted by atomic mass is 16.2. The number of hydrogen-bond donors (Lipinski definition) is 0. The molecule has 98 valence electrons. The zero-order valence-corrected chi connectivity index (χ0v) is 11.4. The maximum Gasteiger partial charge on any atom is 0.253 e. The van der Waals surface area contributed by atoms with Crippen molar-refractivity contribution in [1.82, 2.24) is 9.80 Å². The van der Waals surface area contributed by atoms with Crippen LogP contribution in [0.3, 0.4) is 0 Å². The predicted octanol–water partition coefficient (Wildman–Crippen LogP) is 1.14. The van der Waals surface area contributed by atoms with Gasteiger partial charge in [-0.2, -0.15) is 0 Å². The molecule has 1 amide bonds. The quantitative estimate of drug-likeness (QED) is 0.784. The molecular weight excluding hydrogens is 226 g/mol. The summed E-state index contributed by atoms with van der Waals surface area (Å²) in [4.78, 5) is 18.5. The van der Waals surface area contributed by atoms with E-state index in [1.54, 1.807) is 0 Å². The van der Waals surface area contributed by atoms with Crippen molar-refractivity contribution >= 4 is 11.6 Å². The van der Waals surface area contributed by atoms with Crippen molar-refractivity contribution < 1.29 is 4.79 Å². The Morgan fingerprint density at radius 2 is 1.61 bits per heavy atom. The second-order valence-electron chi connectivity index (χ2n) is 5.04. The van der Waals surface area contributed by atoms with Crippen molar-refractivity contribution in [3.63, 3.8) is 0 Å². The Balaban J connectivity index is 2.04. The Morgan fingerprint density at radius 3 is 2.11 bits per heavy atom. The number of amides is 1. The summed E-state index contributed by atoms with van der Waals surface area (Å²) in [7, 11) is 6.09. The Labute approximate surface area is 109 Å². The highest BCUT2D eigenvalue weighted by Crippen LogP contribution is 2.14. The molecule has 0 aromatic heterocycles. The van der Waals surface area contributed by atoms with Crippen LogP contribution in [0.1, 0.15) is 10.4 Å². The van der Waals surface area contributed by atoms with Gasteiger partial charge < -0.3 is 14.7 Å². The van der Waals surface area contributed by atoms with Crippen molar-refractivity contribution in [2.24, 2.45) is 0 Å². The molecule has 2 rings (SSSR count). The summed E-state index contributed by atoms with van der Waals surface area (Å²) in [5, 5.41) is 0. The van der Waals surface area contributed by atoms with E-state index >= 15 is 0 Å². The number of likely N-dealkylation sites (N-methyl/N-ethyl adjacent to an activating group) is 1. The van der Waals surface area contributed by atoms with E-state index in [1.165, 1.54) is 0 Å². The molecule has 0 spiro atoms. The molecule has 1 aromatic carbocycles. The van der Waals surface area contributed by atoms with Gasteiger partial charge in [-0.3, -0.25) is 4.79 Å². The first kappa shape index (κ1) is 12.9. The lowest BCUT2D eigenvalue weighted by atomic mass is 10.1. The third kappa shape index (κ3) is 2.82. The number of carbonyl (C=O) groups is 1. The molecule has 1 aliphatic heterocycles. The van der Waals surface area contributed by atoms with Crippen LogP contribution in [-0.2, 0) is 0 Å². The number of anilines is 1. The summed E-state index contributed by atoms with van der Waals surface area (Å²) >= 11 is 0. The first-order valence-corrected chi connectivity index (χ1v) is 6.33. The first-order chi connectivity index (χ1) is 8.58. The molecule has 0 saturated carbocycles. The second-order valence-corrected chi connectivity index (χ2v) is 5.04. The molecule has 4 nitrogen and oxygen atoms in total. The van der Waals surface area contributed by atoms with E-state index in [0.29, 0.717) is 0 Å². The van der Waals surface area contributed by atoms with Gasteiger partial charge in [0.25, 0.3) is 5.91 Å². The van der Waals surface area contributed by atoms with Gasteiger partial charge in [0, 0.05) is 51.5 Å². The van der Waals surface area contributed by atoms with Gasteiger partial charge in [0.15, 0.2) is 0 Å². The highest BCUT2D eigenvalue weighted by molar-refractivity contribution is 5.94. The number of benzene rings is 1. The van der Waals surface area contributed by atoms with Crippen molar-refractivity contribution in [3.05, 3.63) is 29.8 Å². The normalized spacial score (nSPS) is 16.7. The van der Waals surface area contributed by atoms with Gasteiger partial charge in [-0.05, 0) is 31.3 Å². The maximum atomic E-state index is 12.3. The number of nitrogens with zero attached hydrogens (tertiary/aromatic N) is 3. The summed E-state index contributed by atoms with van der Waals surface area (Å²) in [5.41, 5.74) is 1.90. The Morgan fingerprint density at radius 1 is 1.06 bits per heavy atom. The van der Waals surface area contributed by atoms with Crippen LogP contribution in [0.2, 0.25) is 0 Å². The predicted molar refractivity (Wildman–Crippen MR) is 74.2 cm³/mol. The minimum atomic E-state index is 0.147. The van der Waals surface area contributed by atoms with Crippen molar-refractivity contribution in [3.8, 4) is 0 Å². The lowest BCUT2D eigenvalue weighted by molar-refractivity contribution is 0.0664. The molecule has 4 heteroatoms. The number of rotatable bonds is 2. The van der Waals surface area contributed by atoms with E-state index in [9.17, 15) is 4.79 Å². The molecule has 1 heterocycles. The van der Waals surface area contributed by atoms with Crippen LogP contribution in [0.15, 0.2) is 24.3 Å². The fourth-order valence-electron chi connectivity index (χ4n) is 2.09. The molecule has 1 fully saturated rings. The van der Waals surface area contributed by atoms with Crippen molar-refractivity contribution in [2.75, 3.05) is 52.2 Å². The van der Waals surface area contributed by atoms with Gasteiger partial charge in [-0.25, -0.2) is 0 Å². The molecule has 0 aliphatic carbocycles. The van der Waals surface area contributed by atoms with Crippen molar-refractivity contribution in [2.45, 2.75) is 0 Å². The molecule has 0 N–H and O–H groups in total. The van der Waals surface area contributed by atoms with Gasteiger partial charge in [0.05, 0.1) is 0 Å². The van der Waals surface area contributed by atoms with Gasteiger partial charge >= 0.3 is 0 Å². The fourth-order valence-corrected chi connectivity index (χ4v) is 2.09. The summed E-state index contributed by atoms with van der Waals surface area (Å²) in [6.07, 6.45) is 0. The van der Waals surface area contributed by atoms with Gasteiger partial charge in [-0.1, -0.05) is 0 Å². The zero-order chi connectivity index (χ0) is 13.1. The average molecular weight is 247 g/mol. The summed E-state index contributed by atoms with van der Waals surface area (Å²) in [6.45, 7) is 3.57. The summed E-state index contributed by atoms with van der Waals surface area (Å²) in [5.74, 6) is 0.147. The Hall–Kier alpha value is -1.55. The molecule has 0 atom stereocenters. The van der Waals surface area contributed by atoms with E-state index in [0.717, 1.165) is 37.4 Å². The van der Waals surface area contributed by atoms with Crippen LogP contribution < -0.4 is 4.90 Å².